The maximum absolute atomic E-state index is 11.6. The van der Waals surface area contributed by atoms with Crippen molar-refractivity contribution in [3.8, 4) is 0 Å². The van der Waals surface area contributed by atoms with E-state index in [0.29, 0.717) is 12.5 Å². The zero-order chi connectivity index (χ0) is 15.2. The van der Waals surface area contributed by atoms with Crippen LogP contribution in [0.1, 0.15) is 20.3 Å². The van der Waals surface area contributed by atoms with Crippen LogP contribution in [0.3, 0.4) is 0 Å². The predicted molar refractivity (Wildman–Crippen MR) is 70.2 cm³/mol. The van der Waals surface area contributed by atoms with E-state index >= 15 is 0 Å². The van der Waals surface area contributed by atoms with Crippen LogP contribution in [-0.4, -0.2) is 54.9 Å². The van der Waals surface area contributed by atoms with E-state index in [2.05, 4.69) is 16.0 Å². The second-order valence-electron chi connectivity index (χ2n) is 5.20. The molecule has 8 nitrogen and oxygen atoms in total. The molecule has 1 fully saturated rings. The first-order chi connectivity index (χ1) is 9.35. The number of nitrogens with one attached hydrogen (secondary N) is 3. The van der Waals surface area contributed by atoms with Crippen LogP contribution in [0.5, 0.6) is 0 Å². The molecular formula is C12H21N3O5. The highest BCUT2D eigenvalue weighted by molar-refractivity contribution is 5.89. The Bertz CT molecular complexity index is 377. The van der Waals surface area contributed by atoms with Crippen LogP contribution in [0.25, 0.3) is 0 Å². The zero-order valence-corrected chi connectivity index (χ0v) is 11.7. The molecule has 114 valence electrons. The minimum atomic E-state index is -1.40. The molecule has 1 atom stereocenters. The predicted octanol–water partition coefficient (Wildman–Crippen LogP) is -0.698. The Morgan fingerprint density at radius 3 is 2.50 bits per heavy atom. The molecule has 20 heavy (non-hydrogen) atoms. The van der Waals surface area contributed by atoms with E-state index in [-0.39, 0.29) is 32.1 Å². The largest absolute Gasteiger partial charge is 0.479 e. The van der Waals surface area contributed by atoms with E-state index < -0.39 is 17.5 Å². The van der Waals surface area contributed by atoms with Crippen molar-refractivity contribution in [1.82, 2.24) is 16.0 Å². The van der Waals surface area contributed by atoms with Crippen LogP contribution in [0.4, 0.5) is 4.79 Å². The summed E-state index contributed by atoms with van der Waals surface area (Å²) in [5.41, 5.74) is -1.40. The molecule has 1 heterocycles. The Labute approximate surface area is 117 Å². The lowest BCUT2D eigenvalue weighted by atomic mass is 9.99. The van der Waals surface area contributed by atoms with Crippen molar-refractivity contribution < 1.29 is 24.2 Å². The summed E-state index contributed by atoms with van der Waals surface area (Å²) in [6.07, 6.45) is 0.204. The van der Waals surface area contributed by atoms with Crippen LogP contribution in [0.2, 0.25) is 0 Å². The fraction of sp³-hybridized carbons (Fsp3) is 0.750. The second kappa shape index (κ2) is 7.09. The number of carbonyl (C=O) groups is 3. The standard InChI is InChI=1S/C12H21N3O5/c1-8(2)5-13-9(16)6-14-11(19)15-12(10(17)18)3-4-20-7-12/h8H,3-7H2,1-2H3,(H,13,16)(H,17,18)(H2,14,15,19). The molecule has 0 aliphatic carbocycles. The van der Waals surface area contributed by atoms with Crippen LogP contribution in [0.15, 0.2) is 0 Å². The lowest BCUT2D eigenvalue weighted by Crippen LogP contribution is -2.58. The number of amides is 3. The molecule has 0 spiro atoms. The van der Waals surface area contributed by atoms with Gasteiger partial charge < -0.3 is 25.8 Å². The summed E-state index contributed by atoms with van der Waals surface area (Å²) in [5, 5.41) is 16.5. The highest BCUT2D eigenvalue weighted by atomic mass is 16.5. The molecule has 0 radical (unpaired) electrons. The van der Waals surface area contributed by atoms with Crippen molar-refractivity contribution in [3.05, 3.63) is 0 Å². The normalized spacial score (nSPS) is 21.6. The van der Waals surface area contributed by atoms with Gasteiger partial charge in [0.15, 0.2) is 5.54 Å². The first kappa shape index (κ1) is 16.2. The van der Waals surface area contributed by atoms with Gasteiger partial charge in [0.25, 0.3) is 0 Å². The summed E-state index contributed by atoms with van der Waals surface area (Å²) in [6, 6.07) is -0.697. The van der Waals surface area contributed by atoms with Crippen molar-refractivity contribution in [2.45, 2.75) is 25.8 Å². The van der Waals surface area contributed by atoms with Gasteiger partial charge in [-0.3, -0.25) is 4.79 Å². The van der Waals surface area contributed by atoms with Crippen LogP contribution >= 0.6 is 0 Å². The number of hydrogen-bond donors (Lipinski definition) is 4. The monoisotopic (exact) mass is 287 g/mol. The van der Waals surface area contributed by atoms with Gasteiger partial charge in [0, 0.05) is 19.6 Å². The van der Waals surface area contributed by atoms with E-state index in [4.69, 9.17) is 9.84 Å². The molecule has 1 aliphatic rings. The topological polar surface area (TPSA) is 117 Å². The molecule has 8 heteroatoms. The summed E-state index contributed by atoms with van der Waals surface area (Å²) in [4.78, 5) is 34.2. The number of rotatable bonds is 6. The van der Waals surface area contributed by atoms with Crippen LogP contribution < -0.4 is 16.0 Å². The van der Waals surface area contributed by atoms with E-state index in [0.717, 1.165) is 0 Å². The summed E-state index contributed by atoms with van der Waals surface area (Å²) >= 11 is 0. The highest BCUT2D eigenvalue weighted by Crippen LogP contribution is 2.18. The molecule has 0 aromatic rings. The quantitative estimate of drug-likeness (QED) is 0.515. The van der Waals surface area contributed by atoms with Gasteiger partial charge in [-0.2, -0.15) is 0 Å². The van der Waals surface area contributed by atoms with E-state index in [9.17, 15) is 14.4 Å². The third kappa shape index (κ3) is 4.69. The summed E-state index contributed by atoms with van der Waals surface area (Å²) in [5.74, 6) is -1.14. The number of aliphatic carboxylic acids is 1. The summed E-state index contributed by atoms with van der Waals surface area (Å²) < 4.78 is 5.01. The number of carboxylic acid groups (broad SMARTS) is 1. The molecule has 0 bridgehead atoms. The first-order valence-corrected chi connectivity index (χ1v) is 6.49. The lowest BCUT2D eigenvalue weighted by Gasteiger charge is -2.23. The highest BCUT2D eigenvalue weighted by Gasteiger charge is 2.44. The molecule has 1 rings (SSSR count). The van der Waals surface area contributed by atoms with Gasteiger partial charge in [0.2, 0.25) is 5.91 Å². The Hall–Kier alpha value is -1.83. The molecule has 0 aromatic heterocycles. The third-order valence-corrected chi connectivity index (χ3v) is 2.90. The van der Waals surface area contributed by atoms with Gasteiger partial charge in [-0.1, -0.05) is 13.8 Å². The number of ether oxygens (including phenoxy) is 1. The number of urea groups is 1. The number of hydrogen-bond acceptors (Lipinski definition) is 4. The molecule has 3 amide bonds. The van der Waals surface area contributed by atoms with Crippen molar-refractivity contribution >= 4 is 17.9 Å². The van der Waals surface area contributed by atoms with Gasteiger partial charge in [-0.25, -0.2) is 9.59 Å². The summed E-state index contributed by atoms with van der Waals surface area (Å²) in [7, 11) is 0. The number of carbonyl (C=O) groups excluding carboxylic acids is 2. The van der Waals surface area contributed by atoms with Gasteiger partial charge in [0.1, 0.15) is 0 Å². The van der Waals surface area contributed by atoms with Crippen LogP contribution in [-0.2, 0) is 14.3 Å². The smallest absolute Gasteiger partial charge is 0.332 e. The lowest BCUT2D eigenvalue weighted by molar-refractivity contribution is -0.144. The van der Waals surface area contributed by atoms with E-state index in [1.165, 1.54) is 0 Å². The van der Waals surface area contributed by atoms with E-state index in [1.807, 2.05) is 13.8 Å². The van der Waals surface area contributed by atoms with Gasteiger partial charge in [0.05, 0.1) is 13.2 Å². The number of carboxylic acids is 1. The zero-order valence-electron chi connectivity index (χ0n) is 11.7. The molecular weight excluding hydrogens is 266 g/mol. The molecule has 1 aliphatic heterocycles. The van der Waals surface area contributed by atoms with Crippen LogP contribution in [0, 0.1) is 5.92 Å². The SMILES string of the molecule is CC(C)CNC(=O)CNC(=O)NC1(C(=O)O)CCOC1. The van der Waals surface area contributed by atoms with Gasteiger partial charge in [-0.15, -0.1) is 0 Å². The maximum atomic E-state index is 11.6. The Balaban J connectivity index is 2.36. The molecule has 4 N–H and O–H groups in total. The van der Waals surface area contributed by atoms with Gasteiger partial charge in [-0.05, 0) is 5.92 Å². The van der Waals surface area contributed by atoms with Crippen molar-refractivity contribution in [2.24, 2.45) is 5.92 Å². The minimum Gasteiger partial charge on any atom is -0.479 e. The third-order valence-electron chi connectivity index (χ3n) is 2.90. The second-order valence-corrected chi connectivity index (χ2v) is 5.20. The van der Waals surface area contributed by atoms with Crippen molar-refractivity contribution in [3.63, 3.8) is 0 Å². The van der Waals surface area contributed by atoms with Gasteiger partial charge >= 0.3 is 12.0 Å². The minimum absolute atomic E-state index is 0.0741. The Morgan fingerprint density at radius 2 is 2.00 bits per heavy atom. The average molecular weight is 287 g/mol. The maximum Gasteiger partial charge on any atom is 0.332 e. The molecule has 1 unspecified atom stereocenters. The summed E-state index contributed by atoms with van der Waals surface area (Å²) in [6.45, 7) is 4.44. The molecule has 0 aromatic carbocycles. The Kier molecular flexibility index (Phi) is 5.75. The fourth-order valence-electron chi connectivity index (χ4n) is 1.69. The van der Waals surface area contributed by atoms with Crippen molar-refractivity contribution in [2.75, 3.05) is 26.3 Å². The fourth-order valence-corrected chi connectivity index (χ4v) is 1.69. The van der Waals surface area contributed by atoms with E-state index in [1.54, 1.807) is 0 Å². The van der Waals surface area contributed by atoms with Crippen molar-refractivity contribution in [1.29, 1.82) is 0 Å². The average Bonchev–Trinajstić information content (AvgIpc) is 2.83. The Morgan fingerprint density at radius 1 is 1.30 bits per heavy atom. The molecule has 1 saturated heterocycles. The first-order valence-electron chi connectivity index (χ1n) is 6.49. The molecule has 0 saturated carbocycles.